The molecule has 0 bridgehead atoms. The highest BCUT2D eigenvalue weighted by Crippen LogP contribution is 2.07. The molecule has 0 saturated carbocycles. The maximum Gasteiger partial charge on any atom is 0.422 e. The van der Waals surface area contributed by atoms with Crippen molar-refractivity contribution in [1.29, 1.82) is 0 Å². The Labute approximate surface area is 114 Å². The third-order valence-electron chi connectivity index (χ3n) is 3.24. The second kappa shape index (κ2) is 4.81. The molecule has 0 amide bonds. The van der Waals surface area contributed by atoms with Crippen molar-refractivity contribution in [3.8, 4) is 0 Å². The van der Waals surface area contributed by atoms with Gasteiger partial charge in [0.1, 0.15) is 5.58 Å². The van der Waals surface area contributed by atoms with Gasteiger partial charge in [-0.2, -0.15) is 0 Å². The molecule has 100 valence electrons. The first kappa shape index (κ1) is 12.4. The lowest BCUT2D eigenvalue weighted by Crippen LogP contribution is -2.32. The number of aromatic nitrogens is 1. The summed E-state index contributed by atoms with van der Waals surface area (Å²) < 4.78 is 6.30. The van der Waals surface area contributed by atoms with Crippen molar-refractivity contribution >= 4 is 11.0 Å². The highest BCUT2D eigenvalue weighted by atomic mass is 16.4. The van der Waals surface area contributed by atoms with Crippen molar-refractivity contribution < 1.29 is 4.42 Å². The summed E-state index contributed by atoms with van der Waals surface area (Å²) in [4.78, 5) is 24.2. The predicted octanol–water partition coefficient (Wildman–Crippen LogP) is 2.31. The Morgan fingerprint density at radius 1 is 1.00 bits per heavy atom. The van der Waals surface area contributed by atoms with Gasteiger partial charge in [-0.05, 0) is 24.6 Å². The molecule has 0 aliphatic rings. The summed E-state index contributed by atoms with van der Waals surface area (Å²) in [6.45, 7) is 2.20. The van der Waals surface area contributed by atoms with E-state index in [1.165, 1.54) is 0 Å². The van der Waals surface area contributed by atoms with E-state index in [4.69, 9.17) is 4.42 Å². The Bertz CT molecular complexity index is 873. The molecule has 4 heteroatoms. The predicted molar refractivity (Wildman–Crippen MR) is 77.0 cm³/mol. The molecule has 3 rings (SSSR count). The molecule has 1 aromatic heterocycles. The van der Waals surface area contributed by atoms with Gasteiger partial charge in [0.15, 0.2) is 0 Å². The van der Waals surface area contributed by atoms with Crippen molar-refractivity contribution in [1.82, 2.24) is 4.57 Å². The van der Waals surface area contributed by atoms with Gasteiger partial charge >= 0.3 is 5.76 Å². The Kier molecular flexibility index (Phi) is 2.99. The fourth-order valence-corrected chi connectivity index (χ4v) is 2.12. The molecule has 0 saturated heterocycles. The Hall–Kier alpha value is -2.62. The monoisotopic (exact) mass is 267 g/mol. The zero-order valence-corrected chi connectivity index (χ0v) is 11.0. The zero-order valence-electron chi connectivity index (χ0n) is 11.0. The van der Waals surface area contributed by atoms with Gasteiger partial charge < -0.3 is 4.42 Å². The van der Waals surface area contributed by atoms with Crippen LogP contribution in [0.15, 0.2) is 62.5 Å². The smallest absolute Gasteiger partial charge is 0.409 e. The summed E-state index contributed by atoms with van der Waals surface area (Å²) in [5.74, 6) is -0.630. The number of aryl methyl sites for hydroxylation is 1. The van der Waals surface area contributed by atoms with E-state index < -0.39 is 5.76 Å². The maximum absolute atomic E-state index is 12.3. The lowest BCUT2D eigenvalue weighted by Gasteiger charge is -2.05. The van der Waals surface area contributed by atoms with Crippen LogP contribution in [-0.2, 0) is 6.54 Å². The van der Waals surface area contributed by atoms with Crippen LogP contribution in [0.25, 0.3) is 11.0 Å². The normalized spacial score (nSPS) is 10.8. The average molecular weight is 267 g/mol. The molecule has 0 unspecified atom stereocenters. The summed E-state index contributed by atoms with van der Waals surface area (Å²) >= 11 is 0. The first-order valence-corrected chi connectivity index (χ1v) is 6.33. The average Bonchev–Trinajstić information content (AvgIpc) is 2.45. The number of nitrogens with zero attached hydrogens (tertiary/aromatic N) is 1. The Morgan fingerprint density at radius 3 is 2.45 bits per heavy atom. The lowest BCUT2D eigenvalue weighted by atomic mass is 10.1. The summed E-state index contributed by atoms with van der Waals surface area (Å²) in [5.41, 5.74) is 2.02. The van der Waals surface area contributed by atoms with Crippen LogP contribution in [-0.4, -0.2) is 4.57 Å². The largest absolute Gasteiger partial charge is 0.422 e. The van der Waals surface area contributed by atoms with Crippen molar-refractivity contribution in [2.75, 3.05) is 0 Å². The first-order chi connectivity index (χ1) is 9.65. The van der Waals surface area contributed by atoms with Crippen molar-refractivity contribution in [2.24, 2.45) is 0 Å². The number of rotatable bonds is 2. The van der Waals surface area contributed by atoms with E-state index in [1.54, 1.807) is 24.3 Å². The third kappa shape index (κ3) is 2.16. The molecular formula is C16H13NO3. The highest BCUT2D eigenvalue weighted by Gasteiger charge is 2.09. The Morgan fingerprint density at radius 2 is 1.70 bits per heavy atom. The molecule has 0 fully saturated rings. The van der Waals surface area contributed by atoms with Gasteiger partial charge in [0.05, 0.1) is 11.9 Å². The molecule has 3 aromatic rings. The molecule has 20 heavy (non-hydrogen) atoms. The molecule has 4 nitrogen and oxygen atoms in total. The van der Waals surface area contributed by atoms with Gasteiger partial charge in [0, 0.05) is 0 Å². The molecule has 0 N–H and O–H groups in total. The van der Waals surface area contributed by atoms with Crippen LogP contribution < -0.4 is 11.3 Å². The van der Waals surface area contributed by atoms with E-state index >= 15 is 0 Å². The van der Waals surface area contributed by atoms with Gasteiger partial charge in [-0.1, -0.05) is 42.0 Å². The van der Waals surface area contributed by atoms with Crippen LogP contribution in [0.1, 0.15) is 11.1 Å². The number of hydrogen-bond donors (Lipinski definition) is 0. The van der Waals surface area contributed by atoms with Gasteiger partial charge in [-0.25, -0.2) is 9.36 Å². The fourth-order valence-electron chi connectivity index (χ4n) is 2.12. The highest BCUT2D eigenvalue weighted by molar-refractivity contribution is 5.74. The van der Waals surface area contributed by atoms with Gasteiger partial charge in [-0.15, -0.1) is 0 Å². The van der Waals surface area contributed by atoms with E-state index in [9.17, 15) is 9.59 Å². The molecule has 0 spiro atoms. The van der Waals surface area contributed by atoms with Crippen molar-refractivity contribution in [3.05, 3.63) is 80.6 Å². The number of fused-ring (bicyclic) bond motifs is 1. The summed E-state index contributed by atoms with van der Waals surface area (Å²) in [5, 5.41) is 0.416. The zero-order chi connectivity index (χ0) is 14.1. The van der Waals surface area contributed by atoms with Crippen LogP contribution in [0.5, 0.6) is 0 Å². The number of hydrogen-bond acceptors (Lipinski definition) is 3. The molecule has 0 radical (unpaired) electrons. The van der Waals surface area contributed by atoms with E-state index in [0.717, 1.165) is 15.7 Å². The second-order valence-corrected chi connectivity index (χ2v) is 4.74. The molecule has 1 heterocycles. The SMILES string of the molecule is Cc1ccc(Cn2c(=O)oc3ccccc3c2=O)cc1. The Balaban J connectivity index is 2.14. The molecule has 2 aromatic carbocycles. The molecule has 0 atom stereocenters. The maximum atomic E-state index is 12.3. The van der Waals surface area contributed by atoms with Crippen LogP contribution in [0, 0.1) is 6.92 Å². The van der Waals surface area contributed by atoms with Crippen LogP contribution in [0.4, 0.5) is 0 Å². The standard InChI is InChI=1S/C16H13NO3/c1-11-6-8-12(9-7-11)10-17-15(18)13-4-2-3-5-14(13)20-16(17)19/h2-9H,10H2,1H3. The van der Waals surface area contributed by atoms with E-state index in [0.29, 0.717) is 11.0 Å². The topological polar surface area (TPSA) is 52.2 Å². The summed E-state index contributed by atoms with van der Waals surface area (Å²) in [6, 6.07) is 14.5. The minimum Gasteiger partial charge on any atom is -0.409 e. The van der Waals surface area contributed by atoms with E-state index in [-0.39, 0.29) is 12.1 Å². The van der Waals surface area contributed by atoms with Crippen LogP contribution >= 0.6 is 0 Å². The fraction of sp³-hybridized carbons (Fsp3) is 0.125. The third-order valence-corrected chi connectivity index (χ3v) is 3.24. The van der Waals surface area contributed by atoms with Gasteiger partial charge in [-0.3, -0.25) is 4.79 Å². The van der Waals surface area contributed by atoms with Gasteiger partial charge in [0.2, 0.25) is 0 Å². The van der Waals surface area contributed by atoms with Gasteiger partial charge in [0.25, 0.3) is 5.56 Å². The summed E-state index contributed by atoms with van der Waals surface area (Å²) in [6.07, 6.45) is 0. The number of para-hydroxylation sites is 1. The lowest BCUT2D eigenvalue weighted by molar-refractivity contribution is 0.471. The van der Waals surface area contributed by atoms with Crippen LogP contribution in [0.2, 0.25) is 0 Å². The van der Waals surface area contributed by atoms with Crippen LogP contribution in [0.3, 0.4) is 0 Å². The molecule has 0 aliphatic heterocycles. The van der Waals surface area contributed by atoms with E-state index in [2.05, 4.69) is 0 Å². The minimum atomic E-state index is -0.630. The quantitative estimate of drug-likeness (QED) is 0.716. The first-order valence-electron chi connectivity index (χ1n) is 6.33. The summed E-state index contributed by atoms with van der Waals surface area (Å²) in [7, 11) is 0. The second-order valence-electron chi connectivity index (χ2n) is 4.74. The van der Waals surface area contributed by atoms with E-state index in [1.807, 2.05) is 31.2 Å². The molecular weight excluding hydrogens is 254 g/mol. The van der Waals surface area contributed by atoms with Crippen molar-refractivity contribution in [2.45, 2.75) is 13.5 Å². The molecule has 0 aliphatic carbocycles. The van der Waals surface area contributed by atoms with Crippen molar-refractivity contribution in [3.63, 3.8) is 0 Å². The minimum absolute atomic E-state index is 0.215. The number of benzene rings is 2.